The van der Waals surface area contributed by atoms with Gasteiger partial charge in [0.1, 0.15) is 0 Å². The normalized spacial score (nSPS) is 20.3. The molecule has 2 aromatic rings. The lowest BCUT2D eigenvalue weighted by Gasteiger charge is -2.38. The Labute approximate surface area is 144 Å². The summed E-state index contributed by atoms with van der Waals surface area (Å²) in [6.45, 7) is 0. The molecule has 2 aromatic carbocycles. The first-order valence-corrected chi connectivity index (χ1v) is 8.19. The van der Waals surface area contributed by atoms with Gasteiger partial charge in [-0.15, -0.1) is 0 Å². The monoisotopic (exact) mass is 353 g/mol. The number of carbonyl (C=O) groups is 1. The Morgan fingerprint density at radius 1 is 1.00 bits per heavy atom. The molecule has 0 aliphatic heterocycles. The molecule has 0 radical (unpaired) electrons. The molecule has 0 saturated heterocycles. The van der Waals surface area contributed by atoms with Crippen molar-refractivity contribution >= 4 is 40.7 Å². The maximum atomic E-state index is 12.3. The van der Waals surface area contributed by atoms with E-state index < -0.39 is 0 Å². The van der Waals surface area contributed by atoms with Crippen molar-refractivity contribution < 1.29 is 4.79 Å². The lowest BCUT2D eigenvalue weighted by atomic mass is 9.75. The molecule has 3 rings (SSSR count). The van der Waals surface area contributed by atoms with Gasteiger partial charge in [-0.2, -0.15) is 0 Å². The molecule has 5 heteroatoms. The van der Waals surface area contributed by atoms with Crippen LogP contribution in [-0.4, -0.2) is 11.9 Å². The number of halogens is 3. The third kappa shape index (κ3) is 3.24. The first-order chi connectivity index (χ1) is 10.5. The molecular formula is C17H14Cl3NO. The zero-order valence-corrected chi connectivity index (χ0v) is 13.9. The van der Waals surface area contributed by atoms with Crippen LogP contribution in [-0.2, 0) is 0 Å². The van der Waals surface area contributed by atoms with E-state index in [-0.39, 0.29) is 17.9 Å². The van der Waals surface area contributed by atoms with Crippen LogP contribution in [0.25, 0.3) is 0 Å². The number of carbonyl (C=O) groups excluding carboxylic acids is 1. The fourth-order valence-corrected chi connectivity index (χ4v) is 3.47. The van der Waals surface area contributed by atoms with Crippen molar-refractivity contribution in [3.63, 3.8) is 0 Å². The molecule has 1 fully saturated rings. The van der Waals surface area contributed by atoms with Gasteiger partial charge in [0.2, 0.25) is 0 Å². The molecule has 0 bridgehead atoms. The molecule has 0 aromatic heterocycles. The molecule has 0 spiro atoms. The SMILES string of the molecule is O=C(N[C@@H]1CC[C@H]1c1ccc(Cl)cc1Cl)c1cccc(Cl)c1. The average Bonchev–Trinajstić information content (AvgIpc) is 2.46. The molecule has 1 saturated carbocycles. The van der Waals surface area contributed by atoms with Crippen molar-refractivity contribution in [2.75, 3.05) is 0 Å². The van der Waals surface area contributed by atoms with Gasteiger partial charge in [-0.05, 0) is 48.7 Å². The summed E-state index contributed by atoms with van der Waals surface area (Å²) in [6, 6.07) is 12.5. The van der Waals surface area contributed by atoms with Crippen molar-refractivity contribution in [1.29, 1.82) is 0 Å². The van der Waals surface area contributed by atoms with Gasteiger partial charge in [0.15, 0.2) is 0 Å². The van der Waals surface area contributed by atoms with Crippen LogP contribution in [0.15, 0.2) is 42.5 Å². The van der Waals surface area contributed by atoms with Crippen LogP contribution in [0.4, 0.5) is 0 Å². The summed E-state index contributed by atoms with van der Waals surface area (Å²) in [4.78, 5) is 12.3. The predicted octanol–water partition coefficient (Wildman–Crippen LogP) is 5.32. The predicted molar refractivity (Wildman–Crippen MR) is 91.1 cm³/mol. The van der Waals surface area contributed by atoms with Gasteiger partial charge in [0, 0.05) is 32.6 Å². The molecule has 1 N–H and O–H groups in total. The smallest absolute Gasteiger partial charge is 0.251 e. The van der Waals surface area contributed by atoms with E-state index in [1.165, 1.54) is 0 Å². The number of nitrogens with one attached hydrogen (secondary N) is 1. The first kappa shape index (κ1) is 15.7. The van der Waals surface area contributed by atoms with Crippen LogP contribution in [0.1, 0.15) is 34.7 Å². The fourth-order valence-electron chi connectivity index (χ4n) is 2.73. The molecule has 22 heavy (non-hydrogen) atoms. The number of hydrogen-bond donors (Lipinski definition) is 1. The highest BCUT2D eigenvalue weighted by molar-refractivity contribution is 6.35. The number of rotatable bonds is 3. The van der Waals surface area contributed by atoms with E-state index in [0.717, 1.165) is 18.4 Å². The van der Waals surface area contributed by atoms with Crippen molar-refractivity contribution in [1.82, 2.24) is 5.32 Å². The summed E-state index contributed by atoms with van der Waals surface area (Å²) in [5.41, 5.74) is 1.61. The second-order valence-electron chi connectivity index (χ2n) is 5.44. The van der Waals surface area contributed by atoms with Crippen LogP contribution >= 0.6 is 34.8 Å². The number of benzene rings is 2. The van der Waals surface area contributed by atoms with E-state index in [0.29, 0.717) is 20.6 Å². The van der Waals surface area contributed by atoms with Gasteiger partial charge in [-0.3, -0.25) is 4.79 Å². The van der Waals surface area contributed by atoms with Crippen molar-refractivity contribution in [3.05, 3.63) is 68.7 Å². The molecule has 1 aliphatic carbocycles. The molecule has 1 aliphatic rings. The second-order valence-corrected chi connectivity index (χ2v) is 6.72. The van der Waals surface area contributed by atoms with Gasteiger partial charge >= 0.3 is 0 Å². The maximum Gasteiger partial charge on any atom is 0.251 e. The standard InChI is InChI=1S/C17H14Cl3NO/c18-11-3-1-2-10(8-11)17(22)21-16-7-6-14(16)13-5-4-12(19)9-15(13)20/h1-5,8-9,14,16H,6-7H2,(H,21,22)/t14-,16+/m0/s1. The van der Waals surface area contributed by atoms with Gasteiger partial charge in [-0.25, -0.2) is 0 Å². The maximum absolute atomic E-state index is 12.3. The highest BCUT2D eigenvalue weighted by Crippen LogP contribution is 2.41. The summed E-state index contributed by atoms with van der Waals surface area (Å²) >= 11 is 18.1. The Morgan fingerprint density at radius 3 is 2.41 bits per heavy atom. The quantitative estimate of drug-likeness (QED) is 0.793. The Morgan fingerprint density at radius 2 is 1.77 bits per heavy atom. The summed E-state index contributed by atoms with van der Waals surface area (Å²) < 4.78 is 0. The number of amides is 1. The Hall–Kier alpha value is -1.22. The van der Waals surface area contributed by atoms with Crippen LogP contribution in [0.3, 0.4) is 0 Å². The molecule has 2 nitrogen and oxygen atoms in total. The van der Waals surface area contributed by atoms with E-state index >= 15 is 0 Å². The highest BCUT2D eigenvalue weighted by atomic mass is 35.5. The van der Waals surface area contributed by atoms with Gasteiger partial charge in [0.05, 0.1) is 0 Å². The zero-order valence-electron chi connectivity index (χ0n) is 11.7. The lowest BCUT2D eigenvalue weighted by molar-refractivity contribution is 0.0904. The van der Waals surface area contributed by atoms with Gasteiger partial charge in [-0.1, -0.05) is 46.9 Å². The molecule has 0 heterocycles. The zero-order chi connectivity index (χ0) is 15.7. The minimum atomic E-state index is -0.109. The van der Waals surface area contributed by atoms with Crippen LogP contribution in [0.2, 0.25) is 15.1 Å². The van der Waals surface area contributed by atoms with Crippen molar-refractivity contribution in [3.8, 4) is 0 Å². The fraction of sp³-hybridized carbons (Fsp3) is 0.235. The first-order valence-electron chi connectivity index (χ1n) is 7.06. The summed E-state index contributed by atoms with van der Waals surface area (Å²) in [5.74, 6) is 0.121. The van der Waals surface area contributed by atoms with Crippen LogP contribution in [0, 0.1) is 0 Å². The lowest BCUT2D eigenvalue weighted by Crippen LogP contribution is -2.45. The summed E-state index contributed by atoms with van der Waals surface area (Å²) in [7, 11) is 0. The third-order valence-electron chi connectivity index (χ3n) is 4.04. The molecule has 1 amide bonds. The van der Waals surface area contributed by atoms with E-state index in [4.69, 9.17) is 34.8 Å². The third-order valence-corrected chi connectivity index (χ3v) is 4.84. The number of hydrogen-bond acceptors (Lipinski definition) is 1. The highest BCUT2D eigenvalue weighted by Gasteiger charge is 2.34. The van der Waals surface area contributed by atoms with Crippen molar-refractivity contribution in [2.24, 2.45) is 0 Å². The summed E-state index contributed by atoms with van der Waals surface area (Å²) in [6.07, 6.45) is 1.94. The molecule has 0 unspecified atom stereocenters. The topological polar surface area (TPSA) is 29.1 Å². The molecule has 2 atom stereocenters. The Bertz CT molecular complexity index is 717. The molecule has 114 valence electrons. The molecular weight excluding hydrogens is 341 g/mol. The van der Waals surface area contributed by atoms with Crippen LogP contribution in [0.5, 0.6) is 0 Å². The van der Waals surface area contributed by atoms with E-state index in [1.807, 2.05) is 12.1 Å². The van der Waals surface area contributed by atoms with Crippen molar-refractivity contribution in [2.45, 2.75) is 24.8 Å². The second kappa shape index (κ2) is 6.49. The Balaban J connectivity index is 1.72. The van der Waals surface area contributed by atoms with E-state index in [1.54, 1.807) is 30.3 Å². The van der Waals surface area contributed by atoms with Gasteiger partial charge in [0.25, 0.3) is 5.91 Å². The summed E-state index contributed by atoms with van der Waals surface area (Å²) in [5, 5.41) is 4.89. The van der Waals surface area contributed by atoms with E-state index in [9.17, 15) is 4.79 Å². The van der Waals surface area contributed by atoms with Gasteiger partial charge < -0.3 is 5.32 Å². The minimum absolute atomic E-state index is 0.0881. The van der Waals surface area contributed by atoms with Crippen LogP contribution < -0.4 is 5.32 Å². The largest absolute Gasteiger partial charge is 0.349 e. The van der Waals surface area contributed by atoms with E-state index in [2.05, 4.69) is 5.32 Å². The Kier molecular flexibility index (Phi) is 4.62. The minimum Gasteiger partial charge on any atom is -0.349 e. The average molecular weight is 355 g/mol.